The second-order valence-electron chi connectivity index (χ2n) is 4.27. The van der Waals surface area contributed by atoms with Crippen LogP contribution in [0.5, 0.6) is 0 Å². The van der Waals surface area contributed by atoms with Crippen LogP contribution < -0.4 is 15.8 Å². The summed E-state index contributed by atoms with van der Waals surface area (Å²) in [5.41, 5.74) is 5.51. The Morgan fingerprint density at radius 2 is 2.28 bits per heavy atom. The fraction of sp³-hybridized carbons (Fsp3) is 0.889. The number of nitrogens with two attached hydrogens (primary N) is 1. The molecule has 1 atom stereocenters. The standard InChI is InChI=1S/C9H20N4O4S/c1-7(2)17-9(14)12-18(15,16)13-4-3-11-6-8(13)5-10/h7-8,11H,3-6,10H2,1-2H3,(H,12,14). The molecule has 1 fully saturated rings. The number of hydrogen-bond donors (Lipinski definition) is 3. The van der Waals surface area contributed by atoms with Crippen molar-refractivity contribution in [1.82, 2.24) is 14.3 Å². The lowest BCUT2D eigenvalue weighted by molar-refractivity contribution is 0.120. The number of carbonyl (C=O) groups excluding carboxylic acids is 1. The second-order valence-corrected chi connectivity index (χ2v) is 5.89. The third-order valence-corrected chi connectivity index (χ3v) is 3.95. The zero-order valence-corrected chi connectivity index (χ0v) is 11.4. The van der Waals surface area contributed by atoms with Crippen LogP contribution in [0.2, 0.25) is 0 Å². The molecule has 8 nitrogen and oxygen atoms in total. The molecule has 1 amide bonds. The fourth-order valence-electron chi connectivity index (χ4n) is 1.66. The Balaban J connectivity index is 2.69. The summed E-state index contributed by atoms with van der Waals surface area (Å²) in [5, 5.41) is 3.04. The zero-order valence-electron chi connectivity index (χ0n) is 10.5. The first-order valence-electron chi connectivity index (χ1n) is 5.77. The highest BCUT2D eigenvalue weighted by atomic mass is 32.2. The van der Waals surface area contributed by atoms with E-state index in [4.69, 9.17) is 10.5 Å². The number of nitrogens with one attached hydrogen (secondary N) is 2. The number of amides is 1. The van der Waals surface area contributed by atoms with Crippen molar-refractivity contribution in [3.8, 4) is 0 Å². The zero-order chi connectivity index (χ0) is 13.8. The molecule has 0 saturated carbocycles. The molecule has 0 aromatic heterocycles. The summed E-state index contributed by atoms with van der Waals surface area (Å²) >= 11 is 0. The molecule has 1 saturated heterocycles. The molecule has 4 N–H and O–H groups in total. The van der Waals surface area contributed by atoms with Crippen LogP contribution >= 0.6 is 0 Å². The smallest absolute Gasteiger partial charge is 0.422 e. The molecule has 1 heterocycles. The second kappa shape index (κ2) is 6.32. The number of piperazine rings is 1. The third kappa shape index (κ3) is 4.09. The fourth-order valence-corrected chi connectivity index (χ4v) is 2.92. The summed E-state index contributed by atoms with van der Waals surface area (Å²) < 4.78 is 31.8. The van der Waals surface area contributed by atoms with Crippen molar-refractivity contribution in [1.29, 1.82) is 0 Å². The lowest BCUT2D eigenvalue weighted by Crippen LogP contribution is -2.59. The minimum atomic E-state index is -3.90. The largest absolute Gasteiger partial charge is 0.446 e. The minimum absolute atomic E-state index is 0.188. The Labute approximate surface area is 107 Å². The Morgan fingerprint density at radius 1 is 1.61 bits per heavy atom. The molecule has 1 unspecified atom stereocenters. The van der Waals surface area contributed by atoms with Crippen LogP contribution in [-0.2, 0) is 14.9 Å². The monoisotopic (exact) mass is 280 g/mol. The number of nitrogens with zero attached hydrogens (tertiary/aromatic N) is 1. The molecule has 0 bridgehead atoms. The summed E-state index contributed by atoms with van der Waals surface area (Å²) in [6.45, 7) is 4.73. The SMILES string of the molecule is CC(C)OC(=O)NS(=O)(=O)N1CCNCC1CN. The van der Waals surface area contributed by atoms with Gasteiger partial charge in [0.1, 0.15) is 0 Å². The van der Waals surface area contributed by atoms with Crippen LogP contribution in [-0.4, -0.2) is 57.1 Å². The van der Waals surface area contributed by atoms with E-state index >= 15 is 0 Å². The number of carbonyl (C=O) groups is 1. The number of hydrogen-bond acceptors (Lipinski definition) is 6. The molecule has 0 aromatic carbocycles. The van der Waals surface area contributed by atoms with Gasteiger partial charge in [0.2, 0.25) is 0 Å². The van der Waals surface area contributed by atoms with Crippen LogP contribution in [0, 0.1) is 0 Å². The molecule has 1 aliphatic rings. The molecule has 9 heteroatoms. The van der Waals surface area contributed by atoms with Gasteiger partial charge in [0.15, 0.2) is 0 Å². The average molecular weight is 280 g/mol. The normalized spacial score (nSPS) is 21.9. The van der Waals surface area contributed by atoms with Crippen molar-refractivity contribution in [2.24, 2.45) is 5.73 Å². The highest BCUT2D eigenvalue weighted by molar-refractivity contribution is 7.87. The lowest BCUT2D eigenvalue weighted by atomic mass is 10.2. The first kappa shape index (κ1) is 15.2. The summed E-state index contributed by atoms with van der Waals surface area (Å²) in [6, 6.07) is -0.358. The minimum Gasteiger partial charge on any atom is -0.446 e. The van der Waals surface area contributed by atoms with Gasteiger partial charge >= 0.3 is 16.3 Å². The molecular formula is C9H20N4O4S. The van der Waals surface area contributed by atoms with E-state index in [0.717, 1.165) is 0 Å². The van der Waals surface area contributed by atoms with Crippen LogP contribution in [0.15, 0.2) is 0 Å². The Hall–Kier alpha value is -0.900. The van der Waals surface area contributed by atoms with E-state index < -0.39 is 16.3 Å². The van der Waals surface area contributed by atoms with Crippen LogP contribution in [0.4, 0.5) is 4.79 Å². The first-order chi connectivity index (χ1) is 8.36. The van der Waals surface area contributed by atoms with Crippen molar-refractivity contribution in [3.05, 3.63) is 0 Å². The van der Waals surface area contributed by atoms with Gasteiger partial charge in [0.25, 0.3) is 0 Å². The maximum atomic E-state index is 12.0. The lowest BCUT2D eigenvalue weighted by Gasteiger charge is -2.33. The van der Waals surface area contributed by atoms with Gasteiger partial charge < -0.3 is 15.8 Å². The van der Waals surface area contributed by atoms with Gasteiger partial charge in [0.05, 0.1) is 12.1 Å². The van der Waals surface area contributed by atoms with Gasteiger partial charge in [-0.2, -0.15) is 12.7 Å². The van der Waals surface area contributed by atoms with E-state index in [9.17, 15) is 13.2 Å². The Kier molecular flexibility index (Phi) is 5.32. The molecule has 0 aromatic rings. The molecule has 1 aliphatic heterocycles. The molecule has 0 radical (unpaired) electrons. The first-order valence-corrected chi connectivity index (χ1v) is 7.22. The Morgan fingerprint density at radius 3 is 2.83 bits per heavy atom. The predicted octanol–water partition coefficient (Wildman–Crippen LogP) is -1.40. The molecule has 1 rings (SSSR count). The van der Waals surface area contributed by atoms with Crippen molar-refractivity contribution in [2.45, 2.75) is 26.0 Å². The van der Waals surface area contributed by atoms with Crippen molar-refractivity contribution in [3.63, 3.8) is 0 Å². The van der Waals surface area contributed by atoms with E-state index in [0.29, 0.717) is 13.1 Å². The van der Waals surface area contributed by atoms with E-state index in [-0.39, 0.29) is 25.2 Å². The summed E-state index contributed by atoms with van der Waals surface area (Å²) in [6.07, 6.45) is -1.35. The predicted molar refractivity (Wildman–Crippen MR) is 66.1 cm³/mol. The summed E-state index contributed by atoms with van der Waals surface area (Å²) in [4.78, 5) is 11.3. The highest BCUT2D eigenvalue weighted by Crippen LogP contribution is 2.07. The molecular weight excluding hydrogens is 260 g/mol. The Bertz CT molecular complexity index is 384. The van der Waals surface area contributed by atoms with E-state index in [1.54, 1.807) is 13.8 Å². The summed E-state index contributed by atoms with van der Waals surface area (Å²) in [5.74, 6) is 0. The van der Waals surface area contributed by atoms with E-state index in [1.165, 1.54) is 4.31 Å². The van der Waals surface area contributed by atoms with Gasteiger partial charge in [-0.1, -0.05) is 0 Å². The third-order valence-electron chi connectivity index (χ3n) is 2.43. The number of rotatable bonds is 4. The maximum absolute atomic E-state index is 12.0. The summed E-state index contributed by atoms with van der Waals surface area (Å²) in [7, 11) is -3.90. The van der Waals surface area contributed by atoms with Gasteiger partial charge in [-0.25, -0.2) is 9.52 Å². The quantitative estimate of drug-likeness (QED) is 0.583. The highest BCUT2D eigenvalue weighted by Gasteiger charge is 2.33. The van der Waals surface area contributed by atoms with Gasteiger partial charge in [-0.15, -0.1) is 0 Å². The number of ether oxygens (including phenoxy) is 1. The molecule has 106 valence electrons. The topological polar surface area (TPSA) is 114 Å². The van der Waals surface area contributed by atoms with Gasteiger partial charge in [-0.3, -0.25) is 0 Å². The van der Waals surface area contributed by atoms with Crippen molar-refractivity contribution >= 4 is 16.3 Å². The van der Waals surface area contributed by atoms with E-state index in [1.807, 2.05) is 4.72 Å². The molecule has 0 aliphatic carbocycles. The molecule has 0 spiro atoms. The van der Waals surface area contributed by atoms with Crippen molar-refractivity contribution in [2.75, 3.05) is 26.2 Å². The van der Waals surface area contributed by atoms with Crippen LogP contribution in [0.25, 0.3) is 0 Å². The van der Waals surface area contributed by atoms with Crippen LogP contribution in [0.1, 0.15) is 13.8 Å². The van der Waals surface area contributed by atoms with Crippen LogP contribution in [0.3, 0.4) is 0 Å². The maximum Gasteiger partial charge on any atom is 0.422 e. The average Bonchev–Trinajstić information content (AvgIpc) is 2.27. The van der Waals surface area contributed by atoms with Gasteiger partial charge in [0, 0.05) is 26.2 Å². The van der Waals surface area contributed by atoms with Crippen molar-refractivity contribution < 1.29 is 17.9 Å². The molecule has 18 heavy (non-hydrogen) atoms. The van der Waals surface area contributed by atoms with E-state index in [2.05, 4.69) is 5.32 Å². The van der Waals surface area contributed by atoms with Gasteiger partial charge in [-0.05, 0) is 13.8 Å².